The Labute approximate surface area is 143 Å². The van der Waals surface area contributed by atoms with Crippen LogP contribution in [0.3, 0.4) is 0 Å². The second-order valence-electron chi connectivity index (χ2n) is 6.48. The van der Waals surface area contributed by atoms with Gasteiger partial charge in [0.25, 0.3) is 6.43 Å². The first-order chi connectivity index (χ1) is 11.2. The van der Waals surface area contributed by atoms with Crippen molar-refractivity contribution in [2.45, 2.75) is 59.0 Å². The van der Waals surface area contributed by atoms with Crippen molar-refractivity contribution < 1.29 is 23.4 Å². The van der Waals surface area contributed by atoms with E-state index in [2.05, 4.69) is 13.8 Å². The van der Waals surface area contributed by atoms with Crippen LogP contribution < -0.4 is 0 Å². The topological polar surface area (TPSA) is 46.5 Å². The summed E-state index contributed by atoms with van der Waals surface area (Å²) in [4.78, 5) is 12.1. The molecule has 5 heteroatoms. The Morgan fingerprint density at radius 2 is 1.71 bits per heavy atom. The molecule has 0 spiro atoms. The molecule has 0 fully saturated rings. The lowest BCUT2D eigenvalue weighted by Crippen LogP contribution is -2.48. The zero-order chi connectivity index (χ0) is 18.5. The number of aliphatic hydroxyl groups is 1. The van der Waals surface area contributed by atoms with Gasteiger partial charge in [0, 0.05) is 0 Å². The fraction of sp³-hybridized carbons (Fsp3) is 0.632. The number of ether oxygens (including phenoxy) is 1. The number of benzene rings is 1. The van der Waals surface area contributed by atoms with Crippen LogP contribution in [0.4, 0.5) is 8.78 Å². The van der Waals surface area contributed by atoms with Gasteiger partial charge >= 0.3 is 5.97 Å². The number of carbonyl (C=O) groups is 1. The van der Waals surface area contributed by atoms with Crippen molar-refractivity contribution >= 4 is 5.97 Å². The smallest absolute Gasteiger partial charge is 0.318 e. The van der Waals surface area contributed by atoms with Gasteiger partial charge < -0.3 is 9.84 Å². The van der Waals surface area contributed by atoms with Crippen molar-refractivity contribution in [3.63, 3.8) is 0 Å². The lowest BCUT2D eigenvalue weighted by molar-refractivity contribution is -0.178. The van der Waals surface area contributed by atoms with Gasteiger partial charge in [-0.25, -0.2) is 8.78 Å². The largest absolute Gasteiger partial charge is 0.466 e. The van der Waals surface area contributed by atoms with Gasteiger partial charge in [0.05, 0.1) is 6.61 Å². The van der Waals surface area contributed by atoms with Crippen molar-refractivity contribution in [1.29, 1.82) is 0 Å². The molecule has 0 aliphatic carbocycles. The number of esters is 1. The van der Waals surface area contributed by atoms with Crippen LogP contribution in [-0.2, 0) is 15.1 Å². The quantitative estimate of drug-likeness (QED) is 0.708. The Morgan fingerprint density at radius 1 is 1.17 bits per heavy atom. The van der Waals surface area contributed by atoms with E-state index in [1.54, 1.807) is 32.9 Å². The molecule has 0 heterocycles. The molecule has 0 radical (unpaired) electrons. The van der Waals surface area contributed by atoms with E-state index in [9.17, 15) is 18.7 Å². The molecule has 24 heavy (non-hydrogen) atoms. The van der Waals surface area contributed by atoms with Gasteiger partial charge in [-0.05, 0) is 36.3 Å². The Bertz CT molecular complexity index is 528. The van der Waals surface area contributed by atoms with Gasteiger partial charge in [0.15, 0.2) is 5.92 Å². The van der Waals surface area contributed by atoms with Crippen LogP contribution in [0.15, 0.2) is 24.3 Å². The second kappa shape index (κ2) is 8.56. The number of rotatable bonds is 8. The van der Waals surface area contributed by atoms with Crippen LogP contribution in [0.5, 0.6) is 0 Å². The highest BCUT2D eigenvalue weighted by molar-refractivity contribution is 5.75. The molecule has 3 unspecified atom stereocenters. The number of halogens is 2. The molecule has 1 N–H and O–H groups in total. The van der Waals surface area contributed by atoms with Gasteiger partial charge in [0.2, 0.25) is 0 Å². The number of alkyl halides is 2. The second-order valence-corrected chi connectivity index (χ2v) is 6.48. The maximum atomic E-state index is 13.6. The van der Waals surface area contributed by atoms with Crippen molar-refractivity contribution in [3.8, 4) is 0 Å². The van der Waals surface area contributed by atoms with Crippen molar-refractivity contribution in [3.05, 3.63) is 35.4 Å². The molecule has 1 aromatic carbocycles. The van der Waals surface area contributed by atoms with Crippen LogP contribution in [-0.4, -0.2) is 24.1 Å². The van der Waals surface area contributed by atoms with E-state index >= 15 is 0 Å². The monoisotopic (exact) mass is 342 g/mol. The molecule has 0 amide bonds. The van der Waals surface area contributed by atoms with E-state index in [1.165, 1.54) is 0 Å². The van der Waals surface area contributed by atoms with Crippen LogP contribution in [0.25, 0.3) is 0 Å². The molecule has 0 saturated carbocycles. The Morgan fingerprint density at radius 3 is 2.08 bits per heavy atom. The molecule has 0 aliphatic rings. The predicted molar refractivity (Wildman–Crippen MR) is 90.0 cm³/mol. The first-order valence-corrected chi connectivity index (χ1v) is 8.47. The van der Waals surface area contributed by atoms with E-state index in [0.717, 1.165) is 12.0 Å². The Balaban J connectivity index is 3.34. The van der Waals surface area contributed by atoms with E-state index in [1.807, 2.05) is 12.1 Å². The number of carbonyl (C=O) groups excluding carboxylic acids is 1. The summed E-state index contributed by atoms with van der Waals surface area (Å²) >= 11 is 0. The molecule has 1 rings (SSSR count). The van der Waals surface area contributed by atoms with Crippen molar-refractivity contribution in [2.24, 2.45) is 11.8 Å². The molecular formula is C19H28F2O3. The summed E-state index contributed by atoms with van der Waals surface area (Å²) in [6.45, 7) is 8.92. The SMILES string of the molecule is CCOC(=O)C(C(F)F)C(O)(c1ccc(C(C)CC)cc1)C(C)C. The van der Waals surface area contributed by atoms with E-state index in [4.69, 9.17) is 4.74 Å². The Hall–Kier alpha value is -1.49. The van der Waals surface area contributed by atoms with E-state index in [0.29, 0.717) is 11.5 Å². The zero-order valence-corrected chi connectivity index (χ0v) is 15.1. The lowest BCUT2D eigenvalue weighted by Gasteiger charge is -2.38. The maximum Gasteiger partial charge on any atom is 0.318 e. The third kappa shape index (κ3) is 4.12. The molecular weight excluding hydrogens is 314 g/mol. The molecule has 0 aromatic heterocycles. The van der Waals surface area contributed by atoms with Crippen molar-refractivity contribution in [2.75, 3.05) is 6.61 Å². The normalized spacial score (nSPS) is 16.8. The number of hydrogen-bond acceptors (Lipinski definition) is 3. The van der Waals surface area contributed by atoms with Gasteiger partial charge in [0.1, 0.15) is 5.60 Å². The lowest BCUT2D eigenvalue weighted by atomic mass is 9.73. The van der Waals surface area contributed by atoms with Gasteiger partial charge in [-0.1, -0.05) is 52.0 Å². The average Bonchev–Trinajstić information content (AvgIpc) is 2.53. The highest BCUT2D eigenvalue weighted by Gasteiger charge is 2.51. The minimum Gasteiger partial charge on any atom is -0.466 e. The zero-order valence-electron chi connectivity index (χ0n) is 15.1. The van der Waals surface area contributed by atoms with Crippen molar-refractivity contribution in [1.82, 2.24) is 0 Å². The minimum atomic E-state index is -3.02. The minimum absolute atomic E-state index is 0.0107. The van der Waals surface area contributed by atoms with Crippen LogP contribution in [0, 0.1) is 11.8 Å². The average molecular weight is 342 g/mol. The molecule has 1 aromatic rings. The van der Waals surface area contributed by atoms with Gasteiger partial charge in [-0.15, -0.1) is 0 Å². The Kier molecular flexibility index (Phi) is 7.33. The highest BCUT2D eigenvalue weighted by Crippen LogP contribution is 2.41. The molecule has 3 nitrogen and oxygen atoms in total. The third-order valence-electron chi connectivity index (χ3n) is 4.70. The summed E-state index contributed by atoms with van der Waals surface area (Å²) in [5.74, 6) is -3.25. The number of hydrogen-bond donors (Lipinski definition) is 1. The molecule has 3 atom stereocenters. The van der Waals surface area contributed by atoms with E-state index in [-0.39, 0.29) is 6.61 Å². The summed E-state index contributed by atoms with van der Waals surface area (Å²) in [6.07, 6.45) is -2.07. The molecule has 0 saturated heterocycles. The first kappa shape index (κ1) is 20.6. The van der Waals surface area contributed by atoms with Crippen LogP contribution in [0.2, 0.25) is 0 Å². The molecule has 0 bridgehead atoms. The highest BCUT2D eigenvalue weighted by atomic mass is 19.3. The summed E-state index contributed by atoms with van der Waals surface area (Å²) < 4.78 is 32.0. The van der Waals surface area contributed by atoms with Crippen LogP contribution in [0.1, 0.15) is 58.1 Å². The third-order valence-corrected chi connectivity index (χ3v) is 4.70. The van der Waals surface area contributed by atoms with Gasteiger partial charge in [-0.3, -0.25) is 4.79 Å². The molecule has 0 aliphatic heterocycles. The standard InChI is InChI=1S/C19H28F2O3/c1-6-13(5)14-8-10-15(11-9-14)19(23,12(3)4)16(17(20)21)18(22)24-7-2/h8-13,16-17,23H,6-7H2,1-5H3. The van der Waals surface area contributed by atoms with Crippen LogP contribution >= 0.6 is 0 Å². The summed E-state index contributed by atoms with van der Waals surface area (Å²) in [6, 6.07) is 6.92. The maximum absolute atomic E-state index is 13.6. The summed E-state index contributed by atoms with van der Waals surface area (Å²) in [7, 11) is 0. The predicted octanol–water partition coefficient (Wildman–Crippen LogP) is 4.49. The summed E-state index contributed by atoms with van der Waals surface area (Å²) in [5, 5.41) is 11.1. The van der Waals surface area contributed by atoms with E-state index < -0.39 is 29.8 Å². The van der Waals surface area contributed by atoms with Gasteiger partial charge in [-0.2, -0.15) is 0 Å². The fourth-order valence-corrected chi connectivity index (χ4v) is 2.89. The fourth-order valence-electron chi connectivity index (χ4n) is 2.89. The molecule has 136 valence electrons. The summed E-state index contributed by atoms with van der Waals surface area (Å²) in [5.41, 5.74) is -0.617. The first-order valence-electron chi connectivity index (χ1n) is 8.47.